The Morgan fingerprint density at radius 3 is 2.61 bits per heavy atom. The zero-order valence-corrected chi connectivity index (χ0v) is 13.4. The lowest BCUT2D eigenvalue weighted by atomic mass is 10.1. The number of rotatable bonds is 6. The van der Waals surface area contributed by atoms with Gasteiger partial charge in [-0.05, 0) is 49.7 Å². The van der Waals surface area contributed by atoms with Gasteiger partial charge in [0, 0.05) is 12.1 Å². The first kappa shape index (κ1) is 16.8. The van der Waals surface area contributed by atoms with Gasteiger partial charge >= 0.3 is 0 Å². The Hall–Kier alpha value is -2.56. The van der Waals surface area contributed by atoms with Gasteiger partial charge in [-0.2, -0.15) is 0 Å². The van der Waals surface area contributed by atoms with Gasteiger partial charge in [0.15, 0.2) is 11.5 Å². The second-order valence-corrected chi connectivity index (χ2v) is 5.34. The molecule has 0 unspecified atom stereocenters. The molecule has 0 saturated heterocycles. The number of hydrogen-bond acceptors (Lipinski definition) is 3. The van der Waals surface area contributed by atoms with Gasteiger partial charge in [0.05, 0.1) is 13.2 Å². The quantitative estimate of drug-likeness (QED) is 0.886. The number of ether oxygens (including phenoxy) is 2. The molecule has 0 aliphatic rings. The minimum Gasteiger partial charge on any atom is -0.493 e. The van der Waals surface area contributed by atoms with Crippen LogP contribution in [0.2, 0.25) is 0 Å². The van der Waals surface area contributed by atoms with E-state index in [0.717, 1.165) is 0 Å². The third-order valence-corrected chi connectivity index (χ3v) is 3.13. The molecule has 0 heterocycles. The summed E-state index contributed by atoms with van der Waals surface area (Å²) in [6.45, 7) is 4.08. The minimum atomic E-state index is -0.325. The number of hydrogen-bond donors (Lipinski definition) is 1. The van der Waals surface area contributed by atoms with Gasteiger partial charge in [-0.15, -0.1) is 0 Å². The summed E-state index contributed by atoms with van der Waals surface area (Å²) in [7, 11) is 1.52. The van der Waals surface area contributed by atoms with Crippen LogP contribution in [0.4, 0.5) is 4.39 Å². The molecule has 5 heteroatoms. The molecular weight excluding hydrogens is 297 g/mol. The fourth-order valence-corrected chi connectivity index (χ4v) is 2.09. The number of benzene rings is 2. The van der Waals surface area contributed by atoms with E-state index in [1.54, 1.807) is 30.3 Å². The smallest absolute Gasteiger partial charge is 0.251 e. The molecule has 4 nitrogen and oxygen atoms in total. The standard InChI is InChI=1S/C18H20FNO3/c1-12(2)23-16-8-7-14(10-17(16)22-3)18(21)20-11-13-5-4-6-15(19)9-13/h4-10,12H,11H2,1-3H3,(H,20,21). The lowest BCUT2D eigenvalue weighted by molar-refractivity contribution is 0.0950. The van der Waals surface area contributed by atoms with E-state index in [0.29, 0.717) is 22.6 Å². The lowest BCUT2D eigenvalue weighted by Crippen LogP contribution is -2.22. The first-order valence-corrected chi connectivity index (χ1v) is 7.37. The average molecular weight is 317 g/mol. The molecule has 0 aliphatic carbocycles. The molecule has 2 aromatic carbocycles. The fraction of sp³-hybridized carbons (Fsp3) is 0.278. The van der Waals surface area contributed by atoms with E-state index < -0.39 is 0 Å². The molecule has 2 aromatic rings. The third-order valence-electron chi connectivity index (χ3n) is 3.13. The highest BCUT2D eigenvalue weighted by Crippen LogP contribution is 2.28. The summed E-state index contributed by atoms with van der Waals surface area (Å²) < 4.78 is 24.0. The molecule has 0 saturated carbocycles. The van der Waals surface area contributed by atoms with Gasteiger partial charge in [0.1, 0.15) is 5.82 Å². The maximum atomic E-state index is 13.1. The second-order valence-electron chi connectivity index (χ2n) is 5.34. The first-order valence-electron chi connectivity index (χ1n) is 7.37. The summed E-state index contributed by atoms with van der Waals surface area (Å²) in [6, 6.07) is 11.1. The Balaban J connectivity index is 2.07. The summed E-state index contributed by atoms with van der Waals surface area (Å²) in [6.07, 6.45) is 0.0107. The summed E-state index contributed by atoms with van der Waals surface area (Å²) in [5.41, 5.74) is 1.15. The van der Waals surface area contributed by atoms with Crippen molar-refractivity contribution in [2.75, 3.05) is 7.11 Å². The number of carbonyl (C=O) groups is 1. The van der Waals surface area contributed by atoms with Gasteiger partial charge in [-0.1, -0.05) is 12.1 Å². The van der Waals surface area contributed by atoms with Crippen LogP contribution in [0.25, 0.3) is 0 Å². The Labute approximate surface area is 135 Å². The maximum absolute atomic E-state index is 13.1. The van der Waals surface area contributed by atoms with Crippen LogP contribution >= 0.6 is 0 Å². The lowest BCUT2D eigenvalue weighted by Gasteiger charge is -2.14. The minimum absolute atomic E-state index is 0.0107. The van der Waals surface area contributed by atoms with E-state index >= 15 is 0 Å². The monoisotopic (exact) mass is 317 g/mol. The van der Waals surface area contributed by atoms with Gasteiger partial charge in [-0.25, -0.2) is 4.39 Å². The van der Waals surface area contributed by atoms with Crippen molar-refractivity contribution in [2.24, 2.45) is 0 Å². The molecule has 0 aromatic heterocycles. The van der Waals surface area contributed by atoms with Crippen LogP contribution in [0.1, 0.15) is 29.8 Å². The van der Waals surface area contributed by atoms with E-state index in [1.807, 2.05) is 13.8 Å². The van der Waals surface area contributed by atoms with E-state index in [4.69, 9.17) is 9.47 Å². The molecule has 2 rings (SSSR count). The third kappa shape index (κ3) is 4.71. The maximum Gasteiger partial charge on any atom is 0.251 e. The highest BCUT2D eigenvalue weighted by atomic mass is 19.1. The topological polar surface area (TPSA) is 47.6 Å². The van der Waals surface area contributed by atoms with E-state index in [-0.39, 0.29) is 24.4 Å². The summed E-state index contributed by atoms with van der Waals surface area (Å²) in [5, 5.41) is 2.75. The zero-order valence-electron chi connectivity index (χ0n) is 13.4. The predicted octanol–water partition coefficient (Wildman–Crippen LogP) is 3.55. The van der Waals surface area contributed by atoms with Crippen molar-refractivity contribution >= 4 is 5.91 Å². The van der Waals surface area contributed by atoms with Crippen LogP contribution in [0.15, 0.2) is 42.5 Å². The Kier molecular flexibility index (Phi) is 5.57. The van der Waals surface area contributed by atoms with Gasteiger partial charge in [-0.3, -0.25) is 4.79 Å². The molecule has 23 heavy (non-hydrogen) atoms. The fourth-order valence-electron chi connectivity index (χ4n) is 2.09. The highest BCUT2D eigenvalue weighted by Gasteiger charge is 2.12. The van der Waals surface area contributed by atoms with E-state index in [9.17, 15) is 9.18 Å². The Bertz CT molecular complexity index is 686. The van der Waals surface area contributed by atoms with Crippen LogP contribution in [-0.4, -0.2) is 19.1 Å². The molecule has 0 radical (unpaired) electrons. The predicted molar refractivity (Wildman–Crippen MR) is 86.3 cm³/mol. The summed E-state index contributed by atoms with van der Waals surface area (Å²) in [4.78, 5) is 12.2. The number of carbonyl (C=O) groups excluding carboxylic acids is 1. The summed E-state index contributed by atoms with van der Waals surface area (Å²) >= 11 is 0. The average Bonchev–Trinajstić information content (AvgIpc) is 2.52. The molecule has 1 N–H and O–H groups in total. The van der Waals surface area contributed by atoms with Gasteiger partial charge in [0.25, 0.3) is 5.91 Å². The van der Waals surface area contributed by atoms with Crippen LogP contribution < -0.4 is 14.8 Å². The number of amides is 1. The van der Waals surface area contributed by atoms with Crippen molar-refractivity contribution < 1.29 is 18.7 Å². The van der Waals surface area contributed by atoms with Gasteiger partial charge < -0.3 is 14.8 Å². The zero-order chi connectivity index (χ0) is 16.8. The largest absolute Gasteiger partial charge is 0.493 e. The molecule has 1 amide bonds. The Morgan fingerprint density at radius 1 is 1.17 bits per heavy atom. The van der Waals surface area contributed by atoms with Crippen molar-refractivity contribution in [3.05, 3.63) is 59.4 Å². The summed E-state index contributed by atoms with van der Waals surface area (Å²) in [5.74, 6) is 0.499. The number of nitrogens with one attached hydrogen (secondary N) is 1. The molecule has 0 atom stereocenters. The van der Waals surface area contributed by atoms with Crippen LogP contribution in [-0.2, 0) is 6.54 Å². The van der Waals surface area contributed by atoms with Crippen molar-refractivity contribution in [3.63, 3.8) is 0 Å². The SMILES string of the molecule is COc1cc(C(=O)NCc2cccc(F)c2)ccc1OC(C)C. The van der Waals surface area contributed by atoms with Crippen LogP contribution in [0.3, 0.4) is 0 Å². The van der Waals surface area contributed by atoms with E-state index in [1.165, 1.54) is 19.2 Å². The Morgan fingerprint density at radius 2 is 1.96 bits per heavy atom. The van der Waals surface area contributed by atoms with Crippen LogP contribution in [0.5, 0.6) is 11.5 Å². The van der Waals surface area contributed by atoms with E-state index in [2.05, 4.69) is 5.32 Å². The molecular formula is C18H20FNO3. The number of methoxy groups -OCH3 is 1. The molecule has 122 valence electrons. The van der Waals surface area contributed by atoms with Gasteiger partial charge in [0.2, 0.25) is 0 Å². The number of halogens is 1. The molecule has 0 bridgehead atoms. The highest BCUT2D eigenvalue weighted by molar-refractivity contribution is 5.94. The van der Waals surface area contributed by atoms with Crippen molar-refractivity contribution in [1.82, 2.24) is 5.32 Å². The second kappa shape index (κ2) is 7.63. The molecule has 0 aliphatic heterocycles. The molecule has 0 spiro atoms. The van der Waals surface area contributed by atoms with Crippen molar-refractivity contribution in [1.29, 1.82) is 0 Å². The van der Waals surface area contributed by atoms with Crippen molar-refractivity contribution in [2.45, 2.75) is 26.5 Å². The molecule has 0 fully saturated rings. The normalized spacial score (nSPS) is 10.5. The first-order chi connectivity index (χ1) is 11.0. The van der Waals surface area contributed by atoms with Crippen molar-refractivity contribution in [3.8, 4) is 11.5 Å². The van der Waals surface area contributed by atoms with Crippen LogP contribution in [0, 0.1) is 5.82 Å².